The summed E-state index contributed by atoms with van der Waals surface area (Å²) >= 11 is 0. The van der Waals surface area contributed by atoms with Crippen molar-refractivity contribution < 1.29 is 14.7 Å². The number of nitrogens with zero attached hydrogens (tertiary/aromatic N) is 1. The molecule has 0 rings (SSSR count). The minimum Gasteiger partial charge on any atom is -0.480 e. The van der Waals surface area contributed by atoms with Gasteiger partial charge in [0.1, 0.15) is 6.54 Å². The van der Waals surface area contributed by atoms with Crippen LogP contribution in [-0.2, 0) is 9.59 Å². The molecule has 4 nitrogen and oxygen atoms in total. The number of hydrogen-bond donors (Lipinski definition) is 1. The van der Waals surface area contributed by atoms with E-state index in [1.54, 1.807) is 0 Å². The lowest BCUT2D eigenvalue weighted by molar-refractivity contribution is -0.144. The number of amides is 1. The summed E-state index contributed by atoms with van der Waals surface area (Å²) in [5.41, 5.74) is 0. The van der Waals surface area contributed by atoms with Crippen LogP contribution in [0.4, 0.5) is 0 Å². The summed E-state index contributed by atoms with van der Waals surface area (Å²) in [6, 6.07) is 0. The van der Waals surface area contributed by atoms with Crippen molar-refractivity contribution >= 4 is 11.9 Å². The van der Waals surface area contributed by atoms with Crippen molar-refractivity contribution in [1.29, 1.82) is 0 Å². The van der Waals surface area contributed by atoms with Crippen LogP contribution >= 0.6 is 0 Å². The highest BCUT2D eigenvalue weighted by atomic mass is 16.4. The summed E-state index contributed by atoms with van der Waals surface area (Å²) in [6.07, 6.45) is 13.0. The summed E-state index contributed by atoms with van der Waals surface area (Å²) < 4.78 is 0. The number of allylic oxidation sites excluding steroid dienone is 1. The van der Waals surface area contributed by atoms with Gasteiger partial charge >= 0.3 is 5.97 Å². The average Bonchev–Trinajstić information content (AvgIpc) is 2.45. The second kappa shape index (κ2) is 13.7. The van der Waals surface area contributed by atoms with Crippen LogP contribution in [0.2, 0.25) is 0 Å². The molecule has 0 atom stereocenters. The molecule has 0 aromatic carbocycles. The third kappa shape index (κ3) is 12.2. The number of carbonyl (C=O) groups excluding carboxylic acids is 1. The zero-order valence-corrected chi connectivity index (χ0v) is 13.6. The Morgan fingerprint density at radius 1 is 0.952 bits per heavy atom. The number of aliphatic carboxylic acids is 1. The molecule has 0 aliphatic rings. The van der Waals surface area contributed by atoms with Crippen molar-refractivity contribution in [2.45, 2.75) is 71.6 Å². The monoisotopic (exact) mass is 297 g/mol. The van der Waals surface area contributed by atoms with E-state index in [4.69, 9.17) is 5.11 Å². The van der Waals surface area contributed by atoms with Crippen molar-refractivity contribution in [2.24, 2.45) is 0 Å². The van der Waals surface area contributed by atoms with E-state index in [0.29, 0.717) is 13.0 Å². The number of rotatable bonds is 13. The van der Waals surface area contributed by atoms with Crippen LogP contribution in [0.25, 0.3) is 0 Å². The van der Waals surface area contributed by atoms with Gasteiger partial charge in [0, 0.05) is 13.0 Å². The third-order valence-corrected chi connectivity index (χ3v) is 3.37. The van der Waals surface area contributed by atoms with Crippen molar-refractivity contribution in [3.63, 3.8) is 0 Å². The molecule has 0 aliphatic carbocycles. The molecule has 0 aromatic rings. The lowest BCUT2D eigenvalue weighted by atomic mass is 10.1. The van der Waals surface area contributed by atoms with Gasteiger partial charge in [0.15, 0.2) is 0 Å². The zero-order valence-electron chi connectivity index (χ0n) is 13.6. The summed E-state index contributed by atoms with van der Waals surface area (Å²) in [6.45, 7) is 4.63. The van der Waals surface area contributed by atoms with Crippen molar-refractivity contribution in [3.05, 3.63) is 12.2 Å². The Morgan fingerprint density at radius 2 is 1.62 bits per heavy atom. The summed E-state index contributed by atoms with van der Waals surface area (Å²) in [7, 11) is 0. The van der Waals surface area contributed by atoms with Crippen LogP contribution in [-0.4, -0.2) is 35.0 Å². The van der Waals surface area contributed by atoms with Gasteiger partial charge in [0.05, 0.1) is 0 Å². The van der Waals surface area contributed by atoms with E-state index >= 15 is 0 Å². The Bertz CT molecular complexity index is 313. The van der Waals surface area contributed by atoms with Gasteiger partial charge in [-0.3, -0.25) is 9.59 Å². The van der Waals surface area contributed by atoms with Crippen LogP contribution in [0, 0.1) is 0 Å². The Hall–Kier alpha value is -1.32. The maximum absolute atomic E-state index is 12.0. The maximum atomic E-state index is 12.0. The molecule has 0 radical (unpaired) electrons. The second-order valence-corrected chi connectivity index (χ2v) is 5.44. The number of carbonyl (C=O) groups is 2. The molecule has 4 heteroatoms. The highest BCUT2D eigenvalue weighted by molar-refractivity contribution is 5.82. The average molecular weight is 297 g/mol. The van der Waals surface area contributed by atoms with E-state index in [1.807, 2.05) is 12.2 Å². The molecule has 0 saturated carbocycles. The largest absolute Gasteiger partial charge is 0.480 e. The van der Waals surface area contributed by atoms with Gasteiger partial charge in [0.25, 0.3) is 0 Å². The predicted octanol–water partition coefficient (Wildman–Crippen LogP) is 4.01. The SMILES string of the molecule is CCC/C=C/CC(=O)N(CCCCCCCC)CC(=O)O. The highest BCUT2D eigenvalue weighted by Crippen LogP contribution is 2.07. The van der Waals surface area contributed by atoms with Crippen LogP contribution < -0.4 is 0 Å². The molecule has 0 heterocycles. The number of unbranched alkanes of at least 4 members (excludes halogenated alkanes) is 6. The molecule has 0 fully saturated rings. The van der Waals surface area contributed by atoms with Gasteiger partial charge in [-0.1, -0.05) is 64.5 Å². The quantitative estimate of drug-likeness (QED) is 0.413. The molecule has 1 N–H and O–H groups in total. The van der Waals surface area contributed by atoms with Crippen molar-refractivity contribution in [1.82, 2.24) is 4.90 Å². The van der Waals surface area contributed by atoms with E-state index in [-0.39, 0.29) is 12.5 Å². The molecule has 0 spiro atoms. The third-order valence-electron chi connectivity index (χ3n) is 3.37. The highest BCUT2D eigenvalue weighted by Gasteiger charge is 2.14. The molecule has 0 bridgehead atoms. The van der Waals surface area contributed by atoms with Crippen molar-refractivity contribution in [3.8, 4) is 0 Å². The van der Waals surface area contributed by atoms with E-state index in [2.05, 4.69) is 13.8 Å². The van der Waals surface area contributed by atoms with Crippen LogP contribution in [0.3, 0.4) is 0 Å². The van der Waals surface area contributed by atoms with Crippen molar-refractivity contribution in [2.75, 3.05) is 13.1 Å². The predicted molar refractivity (Wildman–Crippen MR) is 86.3 cm³/mol. The molecular weight excluding hydrogens is 266 g/mol. The zero-order chi connectivity index (χ0) is 15.9. The number of carboxylic acids is 1. The van der Waals surface area contributed by atoms with E-state index in [9.17, 15) is 9.59 Å². The molecule has 0 saturated heterocycles. The van der Waals surface area contributed by atoms with E-state index in [0.717, 1.165) is 25.7 Å². The van der Waals surface area contributed by atoms with Gasteiger partial charge < -0.3 is 10.0 Å². The molecule has 0 aliphatic heterocycles. The van der Waals surface area contributed by atoms with Gasteiger partial charge in [-0.25, -0.2) is 0 Å². The van der Waals surface area contributed by atoms with Gasteiger partial charge in [-0.05, 0) is 12.8 Å². The van der Waals surface area contributed by atoms with Gasteiger partial charge in [-0.15, -0.1) is 0 Å². The summed E-state index contributed by atoms with van der Waals surface area (Å²) in [5, 5.41) is 8.90. The lowest BCUT2D eigenvalue weighted by Crippen LogP contribution is -2.36. The number of hydrogen-bond acceptors (Lipinski definition) is 2. The number of carboxylic acid groups (broad SMARTS) is 1. The van der Waals surface area contributed by atoms with E-state index < -0.39 is 5.97 Å². The Morgan fingerprint density at radius 3 is 2.24 bits per heavy atom. The van der Waals surface area contributed by atoms with Crippen LogP contribution in [0.5, 0.6) is 0 Å². The smallest absolute Gasteiger partial charge is 0.323 e. The summed E-state index contributed by atoms with van der Waals surface area (Å²) in [5.74, 6) is -1.02. The van der Waals surface area contributed by atoms with Gasteiger partial charge in [0.2, 0.25) is 5.91 Å². The Balaban J connectivity index is 4.06. The molecule has 0 unspecified atom stereocenters. The van der Waals surface area contributed by atoms with Crippen LogP contribution in [0.1, 0.15) is 71.6 Å². The molecule has 122 valence electrons. The first-order chi connectivity index (χ1) is 10.1. The topological polar surface area (TPSA) is 57.6 Å². The first-order valence-electron chi connectivity index (χ1n) is 8.26. The van der Waals surface area contributed by atoms with E-state index in [1.165, 1.54) is 30.6 Å². The minimum absolute atomic E-state index is 0.0849. The standard InChI is InChI=1S/C17H31NO3/c1-3-5-7-9-10-12-14-18(15-17(20)21)16(19)13-11-8-6-4-2/h8,11H,3-7,9-10,12-15H2,1-2H3,(H,20,21)/b11-8+. The molecule has 21 heavy (non-hydrogen) atoms. The Labute approximate surface area is 129 Å². The fourth-order valence-electron chi connectivity index (χ4n) is 2.14. The Kier molecular flexibility index (Phi) is 12.8. The first kappa shape index (κ1) is 19.7. The fourth-order valence-corrected chi connectivity index (χ4v) is 2.14. The van der Waals surface area contributed by atoms with Gasteiger partial charge in [-0.2, -0.15) is 0 Å². The second-order valence-electron chi connectivity index (χ2n) is 5.44. The molecular formula is C17H31NO3. The summed E-state index contributed by atoms with van der Waals surface area (Å²) in [4.78, 5) is 24.3. The molecule has 0 aromatic heterocycles. The lowest BCUT2D eigenvalue weighted by Gasteiger charge is -2.20. The molecule has 1 amide bonds. The van der Waals surface area contributed by atoms with Crippen LogP contribution in [0.15, 0.2) is 12.2 Å². The fraction of sp³-hybridized carbons (Fsp3) is 0.765. The maximum Gasteiger partial charge on any atom is 0.323 e. The first-order valence-corrected chi connectivity index (χ1v) is 8.26. The minimum atomic E-state index is -0.938. The normalized spacial score (nSPS) is 11.0.